The van der Waals surface area contributed by atoms with Crippen molar-refractivity contribution in [3.8, 4) is 11.5 Å². The lowest BCUT2D eigenvalue weighted by atomic mass is 10.2. The molecule has 188 valence electrons. The van der Waals surface area contributed by atoms with Crippen molar-refractivity contribution in [1.82, 2.24) is 15.6 Å². The maximum Gasteiger partial charge on any atom is 0.257 e. The molecule has 9 nitrogen and oxygen atoms in total. The molecule has 0 aliphatic heterocycles. The number of anilines is 1. The van der Waals surface area contributed by atoms with E-state index in [1.54, 1.807) is 24.3 Å². The van der Waals surface area contributed by atoms with E-state index in [2.05, 4.69) is 26.0 Å². The Hall–Kier alpha value is -4.57. The molecule has 4 aromatic rings. The van der Waals surface area contributed by atoms with Gasteiger partial charge < -0.3 is 9.47 Å². The Morgan fingerprint density at radius 1 is 0.946 bits per heavy atom. The fourth-order valence-electron chi connectivity index (χ4n) is 3.22. The maximum atomic E-state index is 12.3. The highest BCUT2D eigenvalue weighted by molar-refractivity contribution is 7.15. The molecule has 0 saturated heterocycles. The van der Waals surface area contributed by atoms with E-state index in [1.165, 1.54) is 6.21 Å². The van der Waals surface area contributed by atoms with E-state index in [1.807, 2.05) is 61.5 Å². The fraction of sp³-hybridized carbons (Fsp3) is 0.148. The van der Waals surface area contributed by atoms with Gasteiger partial charge in [0.1, 0.15) is 29.7 Å². The number of aryl methyl sites for hydroxylation is 1. The van der Waals surface area contributed by atoms with Gasteiger partial charge in [0.05, 0.1) is 12.6 Å². The second kappa shape index (κ2) is 12.9. The molecule has 0 spiro atoms. The van der Waals surface area contributed by atoms with Gasteiger partial charge in [-0.15, -0.1) is 10.2 Å². The van der Waals surface area contributed by atoms with Gasteiger partial charge in [-0.05, 0) is 48.9 Å². The first-order valence-electron chi connectivity index (χ1n) is 11.5. The normalized spacial score (nSPS) is 10.7. The van der Waals surface area contributed by atoms with Gasteiger partial charge in [-0.2, -0.15) is 5.10 Å². The molecule has 4 rings (SSSR count). The van der Waals surface area contributed by atoms with E-state index in [0.717, 1.165) is 22.6 Å². The van der Waals surface area contributed by atoms with Crippen molar-refractivity contribution < 1.29 is 19.1 Å². The molecule has 0 radical (unpaired) electrons. The zero-order chi connectivity index (χ0) is 25.9. The van der Waals surface area contributed by atoms with Crippen LogP contribution < -0.4 is 20.2 Å². The van der Waals surface area contributed by atoms with Crippen LogP contribution in [0.25, 0.3) is 0 Å². The summed E-state index contributed by atoms with van der Waals surface area (Å²) in [4.78, 5) is 24.5. The highest BCUT2D eigenvalue weighted by atomic mass is 32.1. The smallest absolute Gasteiger partial charge is 0.257 e. The Morgan fingerprint density at radius 2 is 1.73 bits per heavy atom. The summed E-state index contributed by atoms with van der Waals surface area (Å²) in [6, 6.07) is 24.0. The molecular weight excluding hydrogens is 490 g/mol. The lowest BCUT2D eigenvalue weighted by Gasteiger charge is -2.10. The van der Waals surface area contributed by atoms with E-state index >= 15 is 0 Å². The van der Waals surface area contributed by atoms with Crippen molar-refractivity contribution in [1.29, 1.82) is 0 Å². The molecule has 0 aliphatic carbocycles. The minimum atomic E-state index is -0.363. The topological polar surface area (TPSA) is 115 Å². The van der Waals surface area contributed by atoms with E-state index in [-0.39, 0.29) is 18.2 Å². The number of rotatable bonds is 11. The lowest BCUT2D eigenvalue weighted by molar-refractivity contribution is -0.120. The maximum absolute atomic E-state index is 12.3. The number of nitrogens with one attached hydrogen (secondary N) is 2. The SMILES string of the molecule is Cc1cccc(OCCOc2ccccc2/C=N/NC(=O)Cc2nnc(NC(=O)c3ccccc3)s2)c1. The Labute approximate surface area is 218 Å². The standard InChI is InChI=1S/C27H25N5O4S/c1-19-8-7-12-22(16-19)35-14-15-36-23-13-6-5-11-21(23)18-28-30-24(33)17-25-31-32-27(37-25)29-26(34)20-9-3-2-4-10-20/h2-13,16,18H,14-15,17H2,1H3,(H,30,33)(H,29,32,34)/b28-18+. The average Bonchev–Trinajstić information content (AvgIpc) is 3.34. The number of benzene rings is 3. The molecule has 0 fully saturated rings. The van der Waals surface area contributed by atoms with E-state index < -0.39 is 0 Å². The first kappa shape index (κ1) is 25.5. The molecule has 10 heteroatoms. The summed E-state index contributed by atoms with van der Waals surface area (Å²) in [6.45, 7) is 2.75. The highest BCUT2D eigenvalue weighted by Crippen LogP contribution is 2.18. The van der Waals surface area contributed by atoms with Gasteiger partial charge in [0.2, 0.25) is 11.0 Å². The second-order valence-corrected chi connectivity index (χ2v) is 8.90. The molecule has 37 heavy (non-hydrogen) atoms. The molecule has 0 bridgehead atoms. The zero-order valence-corrected chi connectivity index (χ0v) is 20.9. The van der Waals surface area contributed by atoms with Gasteiger partial charge in [0, 0.05) is 11.1 Å². The summed E-state index contributed by atoms with van der Waals surface area (Å²) in [5.74, 6) is 0.761. The summed E-state index contributed by atoms with van der Waals surface area (Å²) in [5, 5.41) is 15.4. The number of para-hydroxylation sites is 1. The Kier molecular flexibility index (Phi) is 8.92. The Morgan fingerprint density at radius 3 is 2.57 bits per heavy atom. The third-order valence-electron chi connectivity index (χ3n) is 4.95. The van der Waals surface area contributed by atoms with Crippen LogP contribution in [0.5, 0.6) is 11.5 Å². The van der Waals surface area contributed by atoms with Crippen LogP contribution in [0.4, 0.5) is 5.13 Å². The molecule has 1 aromatic heterocycles. The largest absolute Gasteiger partial charge is 0.490 e. The van der Waals surface area contributed by atoms with E-state index in [4.69, 9.17) is 9.47 Å². The van der Waals surface area contributed by atoms with Gasteiger partial charge >= 0.3 is 0 Å². The third-order valence-corrected chi connectivity index (χ3v) is 5.78. The first-order valence-corrected chi connectivity index (χ1v) is 12.3. The minimum Gasteiger partial charge on any atom is -0.490 e. The van der Waals surface area contributed by atoms with Crippen molar-refractivity contribution in [3.63, 3.8) is 0 Å². The molecule has 0 atom stereocenters. The quantitative estimate of drug-likeness (QED) is 0.175. The summed E-state index contributed by atoms with van der Waals surface area (Å²) >= 11 is 1.13. The van der Waals surface area contributed by atoms with Crippen LogP contribution in [0.2, 0.25) is 0 Å². The van der Waals surface area contributed by atoms with Crippen LogP contribution in [-0.2, 0) is 11.2 Å². The number of ether oxygens (including phenoxy) is 2. The van der Waals surface area contributed by atoms with E-state index in [9.17, 15) is 9.59 Å². The van der Waals surface area contributed by atoms with Crippen molar-refractivity contribution >= 4 is 34.5 Å². The lowest BCUT2D eigenvalue weighted by Crippen LogP contribution is -2.19. The van der Waals surface area contributed by atoms with Gasteiger partial charge in [-0.3, -0.25) is 14.9 Å². The van der Waals surface area contributed by atoms with Gasteiger partial charge in [-0.1, -0.05) is 53.8 Å². The van der Waals surface area contributed by atoms with E-state index in [0.29, 0.717) is 40.2 Å². The van der Waals surface area contributed by atoms with Crippen LogP contribution in [0.1, 0.15) is 26.5 Å². The van der Waals surface area contributed by atoms with Gasteiger partial charge in [0.15, 0.2) is 0 Å². The Bertz CT molecular complexity index is 1370. The molecule has 1 heterocycles. The summed E-state index contributed by atoms with van der Waals surface area (Å²) < 4.78 is 11.5. The minimum absolute atomic E-state index is 0.0232. The van der Waals surface area contributed by atoms with Crippen LogP contribution in [0.3, 0.4) is 0 Å². The number of hydrogen-bond acceptors (Lipinski definition) is 8. The third kappa shape index (κ3) is 7.97. The molecule has 0 aliphatic rings. The summed E-state index contributed by atoms with van der Waals surface area (Å²) in [5.41, 5.74) is 4.82. The number of hydrogen-bond donors (Lipinski definition) is 2. The molecular formula is C27H25N5O4S. The number of aromatic nitrogens is 2. The first-order chi connectivity index (χ1) is 18.1. The highest BCUT2D eigenvalue weighted by Gasteiger charge is 2.12. The van der Waals surface area contributed by atoms with Crippen molar-refractivity contribution in [3.05, 3.63) is 101 Å². The van der Waals surface area contributed by atoms with Gasteiger partial charge in [-0.25, -0.2) is 5.43 Å². The van der Waals surface area contributed by atoms with Crippen LogP contribution in [0, 0.1) is 6.92 Å². The number of carbonyl (C=O) groups is 2. The number of amides is 2. The number of carbonyl (C=O) groups excluding carboxylic acids is 2. The van der Waals surface area contributed by atoms with Gasteiger partial charge in [0.25, 0.3) is 5.91 Å². The summed E-state index contributed by atoms with van der Waals surface area (Å²) in [6.07, 6.45) is 1.49. The van der Waals surface area contributed by atoms with Crippen molar-refractivity contribution in [2.75, 3.05) is 18.5 Å². The molecule has 0 saturated carbocycles. The summed E-state index contributed by atoms with van der Waals surface area (Å²) in [7, 11) is 0. The van der Waals surface area contributed by atoms with Crippen LogP contribution in [-0.4, -0.2) is 41.4 Å². The predicted molar refractivity (Wildman–Crippen MR) is 142 cm³/mol. The van der Waals surface area contributed by atoms with Crippen molar-refractivity contribution in [2.45, 2.75) is 13.3 Å². The molecule has 2 amide bonds. The average molecular weight is 516 g/mol. The Balaban J connectivity index is 1.23. The van der Waals surface area contributed by atoms with Crippen LogP contribution >= 0.6 is 11.3 Å². The second-order valence-electron chi connectivity index (χ2n) is 7.84. The monoisotopic (exact) mass is 515 g/mol. The fourth-order valence-corrected chi connectivity index (χ4v) is 3.95. The van der Waals surface area contributed by atoms with Crippen molar-refractivity contribution in [2.24, 2.45) is 5.10 Å². The van der Waals surface area contributed by atoms with Crippen LogP contribution in [0.15, 0.2) is 84.0 Å². The molecule has 2 N–H and O–H groups in total. The molecule has 0 unspecified atom stereocenters. The molecule has 3 aromatic carbocycles. The zero-order valence-electron chi connectivity index (χ0n) is 20.1. The number of hydrazone groups is 1. The number of nitrogens with zero attached hydrogens (tertiary/aromatic N) is 3. The predicted octanol–water partition coefficient (Wildman–Crippen LogP) is 4.25.